The summed E-state index contributed by atoms with van der Waals surface area (Å²) in [6.45, 7) is 0. The first-order valence-electron chi connectivity index (χ1n) is 3.97. The molecule has 1 rings (SSSR count). The molecule has 0 saturated carbocycles. The first-order chi connectivity index (χ1) is 5.79. The van der Waals surface area contributed by atoms with E-state index in [-0.39, 0.29) is 0 Å². The fourth-order valence-corrected chi connectivity index (χ4v) is 1.13. The number of nitrogens with two attached hydrogens (primary N) is 1. The Morgan fingerprint density at radius 2 is 2.33 bits per heavy atom. The molecule has 1 aromatic rings. The van der Waals surface area contributed by atoms with Crippen LogP contribution in [0.3, 0.4) is 0 Å². The maximum atomic E-state index is 5.37. The van der Waals surface area contributed by atoms with Gasteiger partial charge >= 0.3 is 0 Å². The Morgan fingerprint density at radius 3 is 2.92 bits per heavy atom. The lowest BCUT2D eigenvalue weighted by atomic mass is 10.2. The average molecular weight is 180 g/mol. The number of nitrogens with zero attached hydrogens (tertiary/aromatic N) is 1. The number of aryl methyl sites for hydroxylation is 1. The first kappa shape index (κ1) is 9.13. The zero-order chi connectivity index (χ0) is 8.81. The van der Waals surface area contributed by atoms with Gasteiger partial charge in [0.05, 0.1) is 4.99 Å². The summed E-state index contributed by atoms with van der Waals surface area (Å²) in [6.07, 6.45) is 4.56. The summed E-state index contributed by atoms with van der Waals surface area (Å²) in [7, 11) is 0. The van der Waals surface area contributed by atoms with Crippen LogP contribution >= 0.6 is 12.2 Å². The Labute approximate surface area is 77.8 Å². The molecular weight excluding hydrogens is 168 g/mol. The van der Waals surface area contributed by atoms with Crippen molar-refractivity contribution >= 4 is 17.2 Å². The first-order valence-corrected chi connectivity index (χ1v) is 4.38. The molecule has 0 aliphatic heterocycles. The smallest absolute Gasteiger partial charge is 0.0727 e. The van der Waals surface area contributed by atoms with Crippen molar-refractivity contribution in [2.24, 2.45) is 5.73 Å². The zero-order valence-electron chi connectivity index (χ0n) is 6.86. The lowest BCUT2D eigenvalue weighted by molar-refractivity contribution is 0.839. The van der Waals surface area contributed by atoms with Crippen LogP contribution in [0.15, 0.2) is 24.4 Å². The number of thiocarbonyl (C=S) groups is 1. The van der Waals surface area contributed by atoms with Crippen LogP contribution in [0, 0.1) is 0 Å². The molecule has 0 atom stereocenters. The second kappa shape index (κ2) is 4.83. The Hall–Kier alpha value is -0.960. The quantitative estimate of drug-likeness (QED) is 0.717. The summed E-state index contributed by atoms with van der Waals surface area (Å²) >= 11 is 4.77. The molecule has 0 unspecified atom stereocenters. The maximum Gasteiger partial charge on any atom is 0.0727 e. The van der Waals surface area contributed by atoms with E-state index in [1.807, 2.05) is 18.2 Å². The van der Waals surface area contributed by atoms with E-state index >= 15 is 0 Å². The molecule has 0 amide bonds. The molecule has 0 fully saturated rings. The van der Waals surface area contributed by atoms with E-state index in [1.54, 1.807) is 6.20 Å². The van der Waals surface area contributed by atoms with Gasteiger partial charge in [0.15, 0.2) is 0 Å². The summed E-state index contributed by atoms with van der Waals surface area (Å²) in [5.74, 6) is 0. The topological polar surface area (TPSA) is 38.9 Å². The molecule has 64 valence electrons. The molecule has 0 aliphatic rings. The number of hydrogen-bond acceptors (Lipinski definition) is 2. The van der Waals surface area contributed by atoms with E-state index < -0.39 is 0 Å². The van der Waals surface area contributed by atoms with Gasteiger partial charge in [0, 0.05) is 11.9 Å². The standard InChI is InChI=1S/C9H12N2S/c10-9(12)6-3-5-8-4-1-2-7-11-8/h1-2,4,7H,3,5-6H2,(H2,10,12). The van der Waals surface area contributed by atoms with Gasteiger partial charge in [-0.1, -0.05) is 18.3 Å². The molecule has 0 saturated heterocycles. The van der Waals surface area contributed by atoms with Crippen molar-refractivity contribution in [3.63, 3.8) is 0 Å². The maximum absolute atomic E-state index is 5.37. The Balaban J connectivity index is 2.29. The highest BCUT2D eigenvalue weighted by atomic mass is 32.1. The normalized spacial score (nSPS) is 9.67. The molecule has 1 heterocycles. The van der Waals surface area contributed by atoms with Crippen LogP contribution < -0.4 is 5.73 Å². The van der Waals surface area contributed by atoms with Gasteiger partial charge in [0.2, 0.25) is 0 Å². The van der Waals surface area contributed by atoms with Crippen molar-refractivity contribution < 1.29 is 0 Å². The SMILES string of the molecule is NC(=S)CCCc1ccccn1. The summed E-state index contributed by atoms with van der Waals surface area (Å²) in [6, 6.07) is 5.92. The molecule has 3 heteroatoms. The minimum atomic E-state index is 0.589. The van der Waals surface area contributed by atoms with E-state index in [0.717, 1.165) is 25.0 Å². The van der Waals surface area contributed by atoms with E-state index in [1.165, 1.54) is 0 Å². The van der Waals surface area contributed by atoms with Crippen molar-refractivity contribution in [1.82, 2.24) is 4.98 Å². The predicted molar refractivity (Wildman–Crippen MR) is 54.0 cm³/mol. The second-order valence-corrected chi connectivity index (χ2v) is 3.17. The Bertz CT molecular complexity index is 246. The van der Waals surface area contributed by atoms with Gasteiger partial charge in [0.1, 0.15) is 0 Å². The molecule has 1 aromatic heterocycles. The van der Waals surface area contributed by atoms with Crippen molar-refractivity contribution in [2.45, 2.75) is 19.3 Å². The summed E-state index contributed by atoms with van der Waals surface area (Å²) < 4.78 is 0. The molecule has 0 aliphatic carbocycles. The van der Waals surface area contributed by atoms with Crippen molar-refractivity contribution in [1.29, 1.82) is 0 Å². The number of pyridine rings is 1. The highest BCUT2D eigenvalue weighted by molar-refractivity contribution is 7.80. The molecule has 0 spiro atoms. The third-order valence-corrected chi connectivity index (χ3v) is 1.79. The monoisotopic (exact) mass is 180 g/mol. The van der Waals surface area contributed by atoms with Crippen LogP contribution in [0.25, 0.3) is 0 Å². The van der Waals surface area contributed by atoms with Gasteiger partial charge in [-0.25, -0.2) is 0 Å². The van der Waals surface area contributed by atoms with Crippen LogP contribution in [0.1, 0.15) is 18.5 Å². The molecule has 0 bridgehead atoms. The summed E-state index contributed by atoms with van der Waals surface area (Å²) in [5.41, 5.74) is 6.47. The van der Waals surface area contributed by atoms with Crippen LogP contribution in [-0.4, -0.2) is 9.97 Å². The van der Waals surface area contributed by atoms with Crippen molar-refractivity contribution in [2.75, 3.05) is 0 Å². The van der Waals surface area contributed by atoms with Crippen molar-refractivity contribution in [3.05, 3.63) is 30.1 Å². The molecule has 0 aromatic carbocycles. The lowest BCUT2D eigenvalue weighted by Crippen LogP contribution is -2.07. The van der Waals surface area contributed by atoms with E-state index in [4.69, 9.17) is 18.0 Å². The van der Waals surface area contributed by atoms with Crippen LogP contribution in [-0.2, 0) is 6.42 Å². The van der Waals surface area contributed by atoms with Crippen LogP contribution in [0.5, 0.6) is 0 Å². The van der Waals surface area contributed by atoms with Gasteiger partial charge in [0.25, 0.3) is 0 Å². The number of aromatic nitrogens is 1. The molecular formula is C9H12N2S. The fourth-order valence-electron chi connectivity index (χ4n) is 0.990. The lowest BCUT2D eigenvalue weighted by Gasteiger charge is -1.98. The predicted octanol–water partition coefficient (Wildman–Crippen LogP) is 1.69. The average Bonchev–Trinajstić information content (AvgIpc) is 2.05. The van der Waals surface area contributed by atoms with E-state index in [2.05, 4.69) is 4.98 Å². The van der Waals surface area contributed by atoms with Crippen LogP contribution in [0.2, 0.25) is 0 Å². The van der Waals surface area contributed by atoms with E-state index in [9.17, 15) is 0 Å². The highest BCUT2D eigenvalue weighted by Crippen LogP contribution is 2.00. The highest BCUT2D eigenvalue weighted by Gasteiger charge is 1.93. The molecule has 2 N–H and O–H groups in total. The van der Waals surface area contributed by atoms with E-state index in [0.29, 0.717) is 4.99 Å². The number of rotatable bonds is 4. The summed E-state index contributed by atoms with van der Waals surface area (Å²) in [5, 5.41) is 0. The molecule has 0 radical (unpaired) electrons. The van der Waals surface area contributed by atoms with Crippen LogP contribution in [0.4, 0.5) is 0 Å². The Morgan fingerprint density at radius 1 is 1.50 bits per heavy atom. The third-order valence-electron chi connectivity index (χ3n) is 1.58. The fraction of sp³-hybridized carbons (Fsp3) is 0.333. The minimum Gasteiger partial charge on any atom is -0.393 e. The number of hydrogen-bond donors (Lipinski definition) is 1. The largest absolute Gasteiger partial charge is 0.393 e. The van der Waals surface area contributed by atoms with Gasteiger partial charge in [-0.2, -0.15) is 0 Å². The minimum absolute atomic E-state index is 0.589. The van der Waals surface area contributed by atoms with Gasteiger partial charge < -0.3 is 5.73 Å². The zero-order valence-corrected chi connectivity index (χ0v) is 7.68. The van der Waals surface area contributed by atoms with Gasteiger partial charge in [-0.3, -0.25) is 4.98 Å². The molecule has 12 heavy (non-hydrogen) atoms. The Kier molecular flexibility index (Phi) is 3.67. The second-order valence-electron chi connectivity index (χ2n) is 2.64. The molecule has 2 nitrogen and oxygen atoms in total. The van der Waals surface area contributed by atoms with Gasteiger partial charge in [-0.05, 0) is 31.4 Å². The van der Waals surface area contributed by atoms with Crippen molar-refractivity contribution in [3.8, 4) is 0 Å². The van der Waals surface area contributed by atoms with Gasteiger partial charge in [-0.15, -0.1) is 0 Å². The third kappa shape index (κ3) is 3.44. The summed E-state index contributed by atoms with van der Waals surface area (Å²) in [4.78, 5) is 4.78.